The lowest BCUT2D eigenvalue weighted by Gasteiger charge is -2.40. The maximum Gasteiger partial charge on any atom is 0.254 e. The summed E-state index contributed by atoms with van der Waals surface area (Å²) >= 11 is 5.90. The largest absolute Gasteiger partial charge is 0.506 e. The molecule has 122 valence electrons. The van der Waals surface area contributed by atoms with Crippen molar-refractivity contribution in [2.45, 2.75) is 12.5 Å². The van der Waals surface area contributed by atoms with Crippen molar-refractivity contribution in [3.05, 3.63) is 46.7 Å². The Morgan fingerprint density at radius 3 is 2.91 bits per heavy atom. The minimum atomic E-state index is -0.594. The van der Waals surface area contributed by atoms with E-state index in [2.05, 4.69) is 5.10 Å². The number of phenols is 1. The standard InChI is InChI=1S/C16H18ClN3O3/c1-16(12-8-18-19(2)9-12)10-20(5-6-23-16)15(22)11-3-4-14(21)13(17)7-11/h3-4,7-9,21H,5-6,10H2,1-2H3/t16-/m1/s1. The number of phenolic OH excluding ortho intramolecular Hbond substituents is 1. The van der Waals surface area contributed by atoms with Gasteiger partial charge in [0.15, 0.2) is 0 Å². The van der Waals surface area contributed by atoms with Crippen LogP contribution in [0.25, 0.3) is 0 Å². The van der Waals surface area contributed by atoms with Crippen LogP contribution in [0.3, 0.4) is 0 Å². The second-order valence-electron chi connectivity index (χ2n) is 5.87. The number of benzene rings is 1. The van der Waals surface area contributed by atoms with E-state index in [4.69, 9.17) is 16.3 Å². The van der Waals surface area contributed by atoms with Gasteiger partial charge in [-0.2, -0.15) is 5.10 Å². The third kappa shape index (κ3) is 3.04. The van der Waals surface area contributed by atoms with Crippen LogP contribution in [-0.4, -0.2) is 45.4 Å². The molecule has 1 aromatic carbocycles. The molecule has 2 heterocycles. The van der Waals surface area contributed by atoms with Gasteiger partial charge < -0.3 is 14.7 Å². The molecule has 6 nitrogen and oxygen atoms in total. The van der Waals surface area contributed by atoms with Crippen molar-refractivity contribution in [3.8, 4) is 5.75 Å². The molecule has 1 aliphatic heterocycles. The van der Waals surface area contributed by atoms with Crippen molar-refractivity contribution in [1.29, 1.82) is 0 Å². The topological polar surface area (TPSA) is 67.6 Å². The molecular weight excluding hydrogens is 318 g/mol. The van der Waals surface area contributed by atoms with Gasteiger partial charge in [0.2, 0.25) is 0 Å². The summed E-state index contributed by atoms with van der Waals surface area (Å²) in [4.78, 5) is 14.4. The van der Waals surface area contributed by atoms with Crippen molar-refractivity contribution >= 4 is 17.5 Å². The Hall–Kier alpha value is -2.05. The summed E-state index contributed by atoms with van der Waals surface area (Å²) in [5.74, 6) is -0.171. The fourth-order valence-electron chi connectivity index (χ4n) is 2.73. The number of morpholine rings is 1. The Kier molecular flexibility index (Phi) is 4.04. The second-order valence-corrected chi connectivity index (χ2v) is 6.28. The zero-order valence-corrected chi connectivity index (χ0v) is 13.7. The number of aryl methyl sites for hydroxylation is 1. The van der Waals surface area contributed by atoms with Crippen LogP contribution in [0.2, 0.25) is 5.02 Å². The van der Waals surface area contributed by atoms with Gasteiger partial charge in [-0.05, 0) is 25.1 Å². The van der Waals surface area contributed by atoms with Crippen LogP contribution in [-0.2, 0) is 17.4 Å². The Balaban J connectivity index is 1.83. The average molecular weight is 336 g/mol. The number of hydrogen-bond acceptors (Lipinski definition) is 4. The number of ether oxygens (including phenoxy) is 1. The van der Waals surface area contributed by atoms with Crippen molar-refractivity contribution in [2.24, 2.45) is 7.05 Å². The van der Waals surface area contributed by atoms with Gasteiger partial charge in [-0.15, -0.1) is 0 Å². The molecule has 0 aliphatic carbocycles. The van der Waals surface area contributed by atoms with Gasteiger partial charge >= 0.3 is 0 Å². The lowest BCUT2D eigenvalue weighted by atomic mass is 9.96. The molecular formula is C16H18ClN3O3. The van der Waals surface area contributed by atoms with Crippen molar-refractivity contribution < 1.29 is 14.6 Å². The van der Waals surface area contributed by atoms with Crippen LogP contribution in [0.15, 0.2) is 30.6 Å². The van der Waals surface area contributed by atoms with E-state index in [1.165, 1.54) is 12.1 Å². The number of aromatic hydroxyl groups is 1. The van der Waals surface area contributed by atoms with Crippen LogP contribution in [0.1, 0.15) is 22.8 Å². The summed E-state index contributed by atoms with van der Waals surface area (Å²) in [7, 11) is 1.84. The normalized spacial score (nSPS) is 21.4. The highest BCUT2D eigenvalue weighted by Gasteiger charge is 2.37. The predicted molar refractivity (Wildman–Crippen MR) is 85.5 cm³/mol. The zero-order chi connectivity index (χ0) is 16.6. The van der Waals surface area contributed by atoms with Crippen LogP contribution in [0.5, 0.6) is 5.75 Å². The fraction of sp³-hybridized carbons (Fsp3) is 0.375. The Labute approximate surface area is 139 Å². The van der Waals surface area contributed by atoms with Crippen LogP contribution >= 0.6 is 11.6 Å². The number of halogens is 1. The lowest BCUT2D eigenvalue weighted by molar-refractivity contribution is -0.0931. The Morgan fingerprint density at radius 1 is 1.48 bits per heavy atom. The highest BCUT2D eigenvalue weighted by Crippen LogP contribution is 2.30. The minimum Gasteiger partial charge on any atom is -0.506 e. The molecule has 23 heavy (non-hydrogen) atoms. The molecule has 3 rings (SSSR count). The first-order valence-electron chi connectivity index (χ1n) is 7.30. The summed E-state index contributed by atoms with van der Waals surface area (Å²) in [6, 6.07) is 4.48. The van der Waals surface area contributed by atoms with Gasteiger partial charge in [0.25, 0.3) is 5.91 Å². The summed E-state index contributed by atoms with van der Waals surface area (Å²) in [5.41, 5.74) is 0.785. The molecule has 1 aliphatic rings. The van der Waals surface area contributed by atoms with Crippen molar-refractivity contribution in [2.75, 3.05) is 19.7 Å². The number of nitrogens with zero attached hydrogens (tertiary/aromatic N) is 3. The van der Waals surface area contributed by atoms with E-state index in [0.717, 1.165) is 5.56 Å². The summed E-state index contributed by atoms with van der Waals surface area (Å²) in [6.45, 7) is 3.33. The Bertz CT molecular complexity index is 746. The van der Waals surface area contributed by atoms with Gasteiger partial charge in [0, 0.05) is 30.9 Å². The van der Waals surface area contributed by atoms with Crippen LogP contribution in [0, 0.1) is 0 Å². The number of aromatic nitrogens is 2. The minimum absolute atomic E-state index is 0.0367. The molecule has 1 aromatic heterocycles. The zero-order valence-electron chi connectivity index (χ0n) is 13.0. The molecule has 7 heteroatoms. The fourth-order valence-corrected chi connectivity index (χ4v) is 2.92. The van der Waals surface area contributed by atoms with Gasteiger partial charge in [0.05, 0.1) is 24.4 Å². The average Bonchev–Trinajstić information content (AvgIpc) is 2.97. The molecule has 0 unspecified atom stereocenters. The quantitative estimate of drug-likeness (QED) is 0.913. The highest BCUT2D eigenvalue weighted by molar-refractivity contribution is 6.32. The van der Waals surface area contributed by atoms with E-state index < -0.39 is 5.60 Å². The first-order chi connectivity index (χ1) is 10.9. The number of amides is 1. The third-order valence-corrected chi connectivity index (χ3v) is 4.37. The van der Waals surface area contributed by atoms with E-state index in [1.807, 2.05) is 20.2 Å². The smallest absolute Gasteiger partial charge is 0.254 e. The van der Waals surface area contributed by atoms with Crippen molar-refractivity contribution in [1.82, 2.24) is 14.7 Å². The molecule has 1 saturated heterocycles. The SMILES string of the molecule is Cn1cc([C@@]2(C)CN(C(=O)c3ccc(O)c(Cl)c3)CCO2)cn1. The Morgan fingerprint density at radius 2 is 2.26 bits per heavy atom. The molecule has 2 aromatic rings. The van der Waals surface area contributed by atoms with Gasteiger partial charge in [0.1, 0.15) is 11.4 Å². The van der Waals surface area contributed by atoms with E-state index in [-0.39, 0.29) is 16.7 Å². The molecule has 1 atom stereocenters. The van der Waals surface area contributed by atoms with Gasteiger partial charge in [-0.1, -0.05) is 11.6 Å². The highest BCUT2D eigenvalue weighted by atomic mass is 35.5. The number of carbonyl (C=O) groups excluding carboxylic acids is 1. The van der Waals surface area contributed by atoms with E-state index in [9.17, 15) is 9.90 Å². The second kappa shape index (κ2) is 5.86. The lowest BCUT2D eigenvalue weighted by Crippen LogP contribution is -2.50. The summed E-state index contributed by atoms with van der Waals surface area (Å²) in [6.07, 6.45) is 3.65. The summed E-state index contributed by atoms with van der Waals surface area (Å²) in [5, 5.41) is 13.8. The first-order valence-corrected chi connectivity index (χ1v) is 7.68. The third-order valence-electron chi connectivity index (χ3n) is 4.07. The molecule has 1 fully saturated rings. The van der Waals surface area contributed by atoms with E-state index >= 15 is 0 Å². The predicted octanol–water partition coefficient (Wildman–Crippen LogP) is 2.17. The molecule has 1 N–H and O–H groups in total. The molecule has 0 spiro atoms. The van der Waals surface area contributed by atoms with Gasteiger partial charge in [-0.3, -0.25) is 9.48 Å². The number of hydrogen-bond donors (Lipinski definition) is 1. The molecule has 0 bridgehead atoms. The van der Waals surface area contributed by atoms with Crippen molar-refractivity contribution in [3.63, 3.8) is 0 Å². The monoisotopic (exact) mass is 335 g/mol. The molecule has 0 saturated carbocycles. The summed E-state index contributed by atoms with van der Waals surface area (Å²) < 4.78 is 7.62. The van der Waals surface area contributed by atoms with Crippen LogP contribution < -0.4 is 0 Å². The maximum absolute atomic E-state index is 12.7. The van der Waals surface area contributed by atoms with E-state index in [1.54, 1.807) is 21.8 Å². The molecule has 1 amide bonds. The van der Waals surface area contributed by atoms with E-state index in [0.29, 0.717) is 25.3 Å². The first kappa shape index (κ1) is 15.8. The van der Waals surface area contributed by atoms with Crippen LogP contribution in [0.4, 0.5) is 0 Å². The van der Waals surface area contributed by atoms with Gasteiger partial charge in [-0.25, -0.2) is 0 Å². The maximum atomic E-state index is 12.7. The number of carbonyl (C=O) groups is 1. The number of rotatable bonds is 2. The molecule has 0 radical (unpaired) electrons.